The first-order chi connectivity index (χ1) is 15.8. The summed E-state index contributed by atoms with van der Waals surface area (Å²) < 4.78 is 0. The molecule has 0 radical (unpaired) electrons. The van der Waals surface area contributed by atoms with Crippen molar-refractivity contribution in [1.29, 1.82) is 0 Å². The lowest BCUT2D eigenvalue weighted by Crippen LogP contribution is -2.61. The number of fused-ring (bicyclic) bond motifs is 2. The summed E-state index contributed by atoms with van der Waals surface area (Å²) in [6.45, 7) is 14.0. The highest BCUT2D eigenvalue weighted by Crippen LogP contribution is 2.65. The van der Waals surface area contributed by atoms with Gasteiger partial charge in [0, 0.05) is 15.2 Å². The molecule has 33 heavy (non-hydrogen) atoms. The van der Waals surface area contributed by atoms with Gasteiger partial charge < -0.3 is 0 Å². The van der Waals surface area contributed by atoms with Crippen LogP contribution >= 0.6 is 0 Å². The largest absolute Gasteiger partial charge is 0.0711 e. The smallest absolute Gasteiger partial charge is 0.0448 e. The second-order valence-electron chi connectivity index (χ2n) is 14.0. The summed E-state index contributed by atoms with van der Waals surface area (Å²) in [5, 5.41) is 0. The molecular formula is C31H52Si2. The summed E-state index contributed by atoms with van der Waals surface area (Å²) in [6, 6.07) is 11.9. The average Bonchev–Trinajstić information content (AvgIpc) is 3.55. The normalized spacial score (nSPS) is 38.9. The molecular weight excluding hydrogens is 429 g/mol. The third-order valence-corrected chi connectivity index (χ3v) is 33.2. The zero-order valence-corrected chi connectivity index (χ0v) is 24.5. The van der Waals surface area contributed by atoms with Gasteiger partial charge in [-0.25, -0.2) is 0 Å². The van der Waals surface area contributed by atoms with Crippen molar-refractivity contribution in [3.05, 3.63) is 35.9 Å². The Kier molecular flexibility index (Phi) is 7.09. The molecule has 1 aromatic rings. The van der Waals surface area contributed by atoms with E-state index in [1.807, 2.05) is 0 Å². The molecule has 7 unspecified atom stereocenters. The highest BCUT2D eigenvalue weighted by atomic mass is 29.3. The van der Waals surface area contributed by atoms with Crippen LogP contribution in [0, 0.1) is 29.6 Å². The molecule has 0 amide bonds. The van der Waals surface area contributed by atoms with Crippen LogP contribution in [0.2, 0.25) is 37.3 Å². The van der Waals surface area contributed by atoms with Crippen LogP contribution in [0.1, 0.15) is 95.5 Å². The molecule has 0 spiro atoms. The van der Waals surface area contributed by atoms with Crippen LogP contribution in [0.25, 0.3) is 0 Å². The van der Waals surface area contributed by atoms with E-state index in [1.54, 1.807) is 44.1 Å². The minimum atomic E-state index is -1.27. The van der Waals surface area contributed by atoms with E-state index in [4.69, 9.17) is 0 Å². The lowest BCUT2D eigenvalue weighted by atomic mass is 9.62. The van der Waals surface area contributed by atoms with Crippen molar-refractivity contribution in [3.8, 4) is 0 Å². The minimum Gasteiger partial charge on any atom is -0.0711 e. The van der Waals surface area contributed by atoms with E-state index in [2.05, 4.69) is 63.4 Å². The standard InChI is InChI=1S/C31H52Si2/c1-6-7-12-23-17-18-26(21-23)32(2,3)33(4,5)30-20-19-28-29(30)22-25-15-11-16-27(25)31(28)24-13-9-8-10-14-24/h8-10,13-14,23,25-31H,6-7,11-12,15-22H2,1-5H3/t23?,25-,26?,27?,28?,29?,30?,31?/m1/s1. The van der Waals surface area contributed by atoms with Crippen LogP contribution in [-0.4, -0.2) is 15.2 Å². The monoisotopic (exact) mass is 480 g/mol. The van der Waals surface area contributed by atoms with Gasteiger partial charge in [0.05, 0.1) is 0 Å². The molecule has 0 aliphatic heterocycles. The summed E-state index contributed by atoms with van der Waals surface area (Å²) in [6.07, 6.45) is 18.4. The van der Waals surface area contributed by atoms with Crippen molar-refractivity contribution in [1.82, 2.24) is 0 Å². The van der Waals surface area contributed by atoms with E-state index >= 15 is 0 Å². The molecule has 5 rings (SSSR count). The van der Waals surface area contributed by atoms with Crippen molar-refractivity contribution >= 4 is 15.2 Å². The van der Waals surface area contributed by atoms with Gasteiger partial charge in [-0.05, 0) is 71.4 Å². The number of hydrogen-bond donors (Lipinski definition) is 0. The van der Waals surface area contributed by atoms with Crippen LogP contribution in [-0.2, 0) is 0 Å². The summed E-state index contributed by atoms with van der Waals surface area (Å²) >= 11 is 0. The summed E-state index contributed by atoms with van der Waals surface area (Å²) in [5.41, 5.74) is 3.95. The maximum Gasteiger partial charge on any atom is 0.0448 e. The van der Waals surface area contributed by atoms with Gasteiger partial charge in [-0.2, -0.15) is 0 Å². The summed E-state index contributed by atoms with van der Waals surface area (Å²) in [5.74, 6) is 6.03. The fourth-order valence-electron chi connectivity index (χ4n) is 9.94. The highest BCUT2D eigenvalue weighted by Gasteiger charge is 2.59. The van der Waals surface area contributed by atoms with Gasteiger partial charge >= 0.3 is 0 Å². The van der Waals surface area contributed by atoms with Crippen LogP contribution in [0.5, 0.6) is 0 Å². The Balaban J connectivity index is 1.37. The topological polar surface area (TPSA) is 0 Å². The second kappa shape index (κ2) is 9.60. The molecule has 0 nitrogen and oxygen atoms in total. The maximum absolute atomic E-state index is 2.91. The first kappa shape index (κ1) is 24.4. The van der Waals surface area contributed by atoms with E-state index in [0.29, 0.717) is 0 Å². The molecule has 2 heteroatoms. The number of hydrogen-bond acceptors (Lipinski definition) is 0. The van der Waals surface area contributed by atoms with Crippen LogP contribution < -0.4 is 0 Å². The molecule has 0 bridgehead atoms. The maximum atomic E-state index is 2.91. The number of benzene rings is 1. The number of unbranched alkanes of at least 4 members (excludes halogenated alkanes) is 1. The lowest BCUT2D eigenvalue weighted by Gasteiger charge is -2.52. The van der Waals surface area contributed by atoms with Crippen molar-refractivity contribution in [3.63, 3.8) is 0 Å². The molecule has 0 saturated heterocycles. The average molecular weight is 481 g/mol. The quantitative estimate of drug-likeness (QED) is 0.340. The van der Waals surface area contributed by atoms with Crippen LogP contribution in [0.15, 0.2) is 30.3 Å². The molecule has 0 aromatic heterocycles. The zero-order valence-electron chi connectivity index (χ0n) is 22.5. The van der Waals surface area contributed by atoms with Crippen molar-refractivity contribution in [2.75, 3.05) is 0 Å². The Bertz CT molecular complexity index is 783. The zero-order chi connectivity index (χ0) is 23.2. The van der Waals surface area contributed by atoms with E-state index in [0.717, 1.165) is 46.6 Å². The Morgan fingerprint density at radius 2 is 1.55 bits per heavy atom. The fourth-order valence-corrected chi connectivity index (χ4v) is 24.0. The fraction of sp³-hybridized carbons (Fsp3) is 0.806. The van der Waals surface area contributed by atoms with Crippen LogP contribution in [0.4, 0.5) is 0 Å². The molecule has 0 heterocycles. The van der Waals surface area contributed by atoms with Crippen LogP contribution in [0.3, 0.4) is 0 Å². The molecule has 4 fully saturated rings. The van der Waals surface area contributed by atoms with Gasteiger partial charge in [-0.1, -0.05) is 121 Å². The first-order valence-electron chi connectivity index (χ1n) is 14.9. The van der Waals surface area contributed by atoms with Gasteiger partial charge in [0.1, 0.15) is 0 Å². The van der Waals surface area contributed by atoms with Gasteiger partial charge in [-0.3, -0.25) is 0 Å². The van der Waals surface area contributed by atoms with Gasteiger partial charge in [0.15, 0.2) is 0 Å². The third-order valence-electron chi connectivity index (χ3n) is 12.4. The Labute approximate surface area is 207 Å². The van der Waals surface area contributed by atoms with Gasteiger partial charge in [-0.15, -0.1) is 0 Å². The molecule has 184 valence electrons. The SMILES string of the molecule is CCCCC1CCC([Si](C)(C)[Si](C)(C)C2CCC3C2C[C@H]2CCCC2C3c2ccccc2)C1. The van der Waals surface area contributed by atoms with E-state index in [-0.39, 0.29) is 0 Å². The first-order valence-corrected chi connectivity index (χ1v) is 22.0. The molecule has 1 aromatic carbocycles. The lowest BCUT2D eigenvalue weighted by molar-refractivity contribution is 0.121. The minimum absolute atomic E-state index is 0.877. The molecule has 8 atom stereocenters. The number of rotatable bonds is 7. The van der Waals surface area contributed by atoms with E-state index < -0.39 is 15.2 Å². The van der Waals surface area contributed by atoms with Crippen molar-refractivity contribution in [2.24, 2.45) is 29.6 Å². The molecule has 4 aliphatic rings. The van der Waals surface area contributed by atoms with E-state index in [1.165, 1.54) is 38.5 Å². The van der Waals surface area contributed by atoms with E-state index in [9.17, 15) is 0 Å². The Morgan fingerprint density at radius 1 is 0.758 bits per heavy atom. The third kappa shape index (κ3) is 4.28. The summed E-state index contributed by atoms with van der Waals surface area (Å²) in [7, 11) is -2.48. The Morgan fingerprint density at radius 3 is 2.30 bits per heavy atom. The Hall–Kier alpha value is -0.346. The van der Waals surface area contributed by atoms with Crippen molar-refractivity contribution < 1.29 is 0 Å². The summed E-state index contributed by atoms with van der Waals surface area (Å²) in [4.78, 5) is 0. The second-order valence-corrected chi connectivity index (χ2v) is 30.2. The predicted octanol–water partition coefficient (Wildman–Crippen LogP) is 9.84. The molecule has 4 saturated carbocycles. The molecule has 4 aliphatic carbocycles. The molecule has 0 N–H and O–H groups in total. The van der Waals surface area contributed by atoms with Crippen molar-refractivity contribution in [2.45, 2.75) is 127 Å². The highest BCUT2D eigenvalue weighted by molar-refractivity contribution is 7.41. The predicted molar refractivity (Wildman–Crippen MR) is 150 cm³/mol. The van der Waals surface area contributed by atoms with Gasteiger partial charge in [0.2, 0.25) is 0 Å². The van der Waals surface area contributed by atoms with Gasteiger partial charge in [0.25, 0.3) is 0 Å².